The molecule has 2 fully saturated rings. The predicted octanol–water partition coefficient (Wildman–Crippen LogP) is 4.49. The molecule has 3 aliphatic rings. The summed E-state index contributed by atoms with van der Waals surface area (Å²) in [6.07, 6.45) is -0.466. The number of aromatic nitrogens is 1. The first-order chi connectivity index (χ1) is 19.3. The van der Waals surface area contributed by atoms with Gasteiger partial charge in [0.05, 0.1) is 16.6 Å². The van der Waals surface area contributed by atoms with Crippen molar-refractivity contribution in [2.45, 2.75) is 45.4 Å². The Kier molecular flexibility index (Phi) is 7.90. The molecule has 2 atom stereocenters. The largest absolute Gasteiger partial charge is 0.507 e. The summed E-state index contributed by atoms with van der Waals surface area (Å²) < 4.78 is 27.1. The summed E-state index contributed by atoms with van der Waals surface area (Å²) in [6.45, 7) is 10.1. The number of hydrogen-bond donors (Lipinski definition) is 1. The lowest BCUT2D eigenvalue weighted by molar-refractivity contribution is 0.000952. The Morgan fingerprint density at radius 3 is 2.51 bits per heavy atom. The molecule has 10 nitrogen and oxygen atoms in total. The van der Waals surface area contributed by atoms with Gasteiger partial charge in [-0.15, -0.1) is 0 Å². The molecule has 0 bridgehead atoms. The third kappa shape index (κ3) is 5.59. The second-order valence-electron chi connectivity index (χ2n) is 11.8. The van der Waals surface area contributed by atoms with Crippen molar-refractivity contribution in [1.29, 1.82) is 0 Å². The fourth-order valence-electron chi connectivity index (χ4n) is 5.53. The third-order valence-corrected chi connectivity index (χ3v) is 8.16. The van der Waals surface area contributed by atoms with Crippen molar-refractivity contribution in [1.82, 2.24) is 19.7 Å². The molecule has 5 rings (SSSR count). The van der Waals surface area contributed by atoms with Crippen LogP contribution in [0, 0.1) is 5.82 Å². The van der Waals surface area contributed by atoms with Crippen LogP contribution < -0.4 is 9.64 Å². The van der Waals surface area contributed by atoms with Crippen molar-refractivity contribution in [2.75, 3.05) is 57.8 Å². The Labute approximate surface area is 248 Å². The topological polar surface area (TPSA) is 98.7 Å². The van der Waals surface area contributed by atoms with Crippen LogP contribution in [-0.2, 0) is 4.74 Å². The average Bonchev–Trinajstić information content (AvgIpc) is 3.04. The maximum atomic E-state index is 15.3. The SMILES string of the molecule is C[C@H]1CN(C)CCN1c1nc(-c2c(O)ccc(Cl)c2F)c(Cl)c2c1C(=O)N1CCN(C(=O)OC(C)(C)C)C[C@@H]1CO2. The van der Waals surface area contributed by atoms with E-state index in [0.29, 0.717) is 25.5 Å². The fraction of sp³-hybridized carbons (Fsp3) is 0.536. The minimum absolute atomic E-state index is 0.0307. The smallest absolute Gasteiger partial charge is 0.410 e. The number of phenolic OH excluding ortho intramolecular Hbond substituents is 1. The van der Waals surface area contributed by atoms with Gasteiger partial charge in [0.15, 0.2) is 11.6 Å². The monoisotopic (exact) mass is 609 g/mol. The summed E-state index contributed by atoms with van der Waals surface area (Å²) >= 11 is 12.9. The molecular formula is C28H34Cl2FN5O5. The molecule has 3 aliphatic heterocycles. The number of pyridine rings is 1. The number of carbonyl (C=O) groups excluding carboxylic acids is 2. The number of nitrogens with zero attached hydrogens (tertiary/aromatic N) is 5. The predicted molar refractivity (Wildman–Crippen MR) is 154 cm³/mol. The Hall–Kier alpha value is -3.02. The molecule has 0 saturated carbocycles. The van der Waals surface area contributed by atoms with E-state index in [2.05, 4.69) is 4.90 Å². The highest BCUT2D eigenvalue weighted by molar-refractivity contribution is 6.36. The van der Waals surface area contributed by atoms with Crippen LogP contribution in [0.25, 0.3) is 11.3 Å². The summed E-state index contributed by atoms with van der Waals surface area (Å²) in [5.41, 5.74) is -0.842. The molecule has 2 aromatic rings. The number of aromatic hydroxyl groups is 1. The number of ether oxygens (including phenoxy) is 2. The van der Waals surface area contributed by atoms with Crippen LogP contribution in [-0.4, -0.2) is 107 Å². The number of rotatable bonds is 2. The standard InChI is InChI=1S/C28H34Cl2FN5O5/c1-15-12-33(5)8-10-35(15)25-20-24(21(30)23(32-25)19-18(37)7-6-17(29)22(19)31)40-14-16-13-34(9-11-36(16)26(20)38)27(39)41-28(2,3)4/h6-7,15-16,37H,8-14H2,1-5H3/t15-,16+/m0/s1. The van der Waals surface area contributed by atoms with Gasteiger partial charge in [-0.05, 0) is 46.9 Å². The van der Waals surface area contributed by atoms with Gasteiger partial charge in [-0.2, -0.15) is 0 Å². The first kappa shape index (κ1) is 29.5. The lowest BCUT2D eigenvalue weighted by Crippen LogP contribution is -2.58. The van der Waals surface area contributed by atoms with Gasteiger partial charge < -0.3 is 34.2 Å². The second-order valence-corrected chi connectivity index (χ2v) is 12.5. The van der Waals surface area contributed by atoms with Gasteiger partial charge in [0, 0.05) is 45.3 Å². The van der Waals surface area contributed by atoms with Gasteiger partial charge in [-0.1, -0.05) is 23.2 Å². The minimum Gasteiger partial charge on any atom is -0.507 e. The Morgan fingerprint density at radius 1 is 1.12 bits per heavy atom. The highest BCUT2D eigenvalue weighted by Crippen LogP contribution is 2.47. The molecular weight excluding hydrogens is 576 g/mol. The van der Waals surface area contributed by atoms with Crippen LogP contribution in [0.15, 0.2) is 12.1 Å². The van der Waals surface area contributed by atoms with E-state index >= 15 is 4.39 Å². The molecule has 1 aromatic heterocycles. The molecule has 41 heavy (non-hydrogen) atoms. The number of benzene rings is 1. The van der Waals surface area contributed by atoms with E-state index in [1.807, 2.05) is 18.9 Å². The van der Waals surface area contributed by atoms with E-state index in [9.17, 15) is 14.7 Å². The molecule has 1 aromatic carbocycles. The van der Waals surface area contributed by atoms with Crippen molar-refractivity contribution in [3.63, 3.8) is 0 Å². The number of phenols is 1. The zero-order chi connectivity index (χ0) is 29.8. The van der Waals surface area contributed by atoms with E-state index < -0.39 is 29.3 Å². The third-order valence-electron chi connectivity index (χ3n) is 7.52. The quantitative estimate of drug-likeness (QED) is 0.532. The van der Waals surface area contributed by atoms with Crippen LogP contribution >= 0.6 is 23.2 Å². The number of anilines is 1. The number of hydrogen-bond acceptors (Lipinski definition) is 8. The number of halogens is 3. The molecule has 13 heteroatoms. The van der Waals surface area contributed by atoms with Crippen molar-refractivity contribution < 1.29 is 28.6 Å². The van der Waals surface area contributed by atoms with E-state index in [4.69, 9.17) is 37.7 Å². The number of carbonyl (C=O) groups is 2. The van der Waals surface area contributed by atoms with Crippen molar-refractivity contribution >= 4 is 41.0 Å². The molecule has 4 heterocycles. The fourth-order valence-corrected chi connectivity index (χ4v) is 5.98. The van der Waals surface area contributed by atoms with Gasteiger partial charge in [-0.3, -0.25) is 4.79 Å². The summed E-state index contributed by atoms with van der Waals surface area (Å²) in [5, 5.41) is 10.3. The lowest BCUT2D eigenvalue weighted by atomic mass is 10.0. The van der Waals surface area contributed by atoms with Crippen LogP contribution in [0.1, 0.15) is 38.1 Å². The van der Waals surface area contributed by atoms with E-state index in [-0.39, 0.29) is 70.8 Å². The van der Waals surface area contributed by atoms with Crippen LogP contribution in [0.5, 0.6) is 11.5 Å². The second kappa shape index (κ2) is 11.0. The molecule has 0 aliphatic carbocycles. The molecule has 0 unspecified atom stereocenters. The van der Waals surface area contributed by atoms with E-state index in [0.717, 1.165) is 0 Å². The van der Waals surface area contributed by atoms with Gasteiger partial charge in [0.2, 0.25) is 0 Å². The maximum absolute atomic E-state index is 15.3. The number of likely N-dealkylation sites (N-methyl/N-ethyl adjacent to an activating group) is 1. The normalized spacial score (nSPS) is 21.7. The van der Waals surface area contributed by atoms with Crippen molar-refractivity contribution in [2.24, 2.45) is 0 Å². The Balaban J connectivity index is 1.61. The first-order valence-corrected chi connectivity index (χ1v) is 14.3. The van der Waals surface area contributed by atoms with Gasteiger partial charge in [-0.25, -0.2) is 14.2 Å². The van der Waals surface area contributed by atoms with Gasteiger partial charge >= 0.3 is 6.09 Å². The lowest BCUT2D eigenvalue weighted by Gasteiger charge is -2.41. The van der Waals surface area contributed by atoms with Crippen LogP contribution in [0.4, 0.5) is 15.0 Å². The van der Waals surface area contributed by atoms with Gasteiger partial charge in [0.25, 0.3) is 5.91 Å². The average molecular weight is 611 g/mol. The van der Waals surface area contributed by atoms with Gasteiger partial charge in [0.1, 0.15) is 40.1 Å². The zero-order valence-corrected chi connectivity index (χ0v) is 25.2. The molecule has 0 spiro atoms. The van der Waals surface area contributed by atoms with Crippen LogP contribution in [0.2, 0.25) is 10.0 Å². The summed E-state index contributed by atoms with van der Waals surface area (Å²) in [4.78, 5) is 39.1. The highest BCUT2D eigenvalue weighted by Gasteiger charge is 2.42. The van der Waals surface area contributed by atoms with E-state index in [1.54, 1.807) is 30.6 Å². The zero-order valence-electron chi connectivity index (χ0n) is 23.7. The molecule has 1 N–H and O–H groups in total. The Bertz CT molecular complexity index is 1390. The summed E-state index contributed by atoms with van der Waals surface area (Å²) in [5.74, 6) is -1.28. The number of amides is 2. The summed E-state index contributed by atoms with van der Waals surface area (Å²) in [6, 6.07) is 1.98. The van der Waals surface area contributed by atoms with Crippen LogP contribution in [0.3, 0.4) is 0 Å². The minimum atomic E-state index is -0.885. The summed E-state index contributed by atoms with van der Waals surface area (Å²) in [7, 11) is 2.01. The molecule has 2 saturated heterocycles. The van der Waals surface area contributed by atoms with E-state index in [1.165, 1.54) is 12.1 Å². The van der Waals surface area contributed by atoms with Crippen molar-refractivity contribution in [3.05, 3.63) is 33.6 Å². The molecule has 0 radical (unpaired) electrons. The number of piperazine rings is 2. The Morgan fingerprint density at radius 2 is 1.83 bits per heavy atom. The highest BCUT2D eigenvalue weighted by atomic mass is 35.5. The van der Waals surface area contributed by atoms with Crippen molar-refractivity contribution in [3.8, 4) is 22.8 Å². The molecule has 222 valence electrons. The first-order valence-electron chi connectivity index (χ1n) is 13.5. The molecule has 2 amide bonds. The number of fused-ring (bicyclic) bond motifs is 2. The maximum Gasteiger partial charge on any atom is 0.410 e.